The molecule has 1 unspecified atom stereocenters. The van der Waals surface area contributed by atoms with Gasteiger partial charge in [-0.05, 0) is 43.2 Å². The largest absolute Gasteiger partial charge is 0.416 e. The molecule has 1 aromatic heterocycles. The molecule has 1 aromatic carbocycles. The van der Waals surface area contributed by atoms with Gasteiger partial charge in [-0.2, -0.15) is 13.2 Å². The number of halogens is 3. The maximum Gasteiger partial charge on any atom is 0.416 e. The average molecular weight is 391 g/mol. The highest BCUT2D eigenvalue weighted by atomic mass is 19.4. The lowest BCUT2D eigenvalue weighted by atomic mass is 9.91. The Morgan fingerprint density at radius 1 is 1.25 bits per heavy atom. The number of hydrogen-bond donors (Lipinski definition) is 0. The van der Waals surface area contributed by atoms with Crippen LogP contribution in [0.5, 0.6) is 0 Å². The van der Waals surface area contributed by atoms with Gasteiger partial charge < -0.3 is 4.90 Å². The number of alkyl halides is 3. The third-order valence-corrected chi connectivity index (χ3v) is 5.17. The van der Waals surface area contributed by atoms with E-state index < -0.39 is 11.7 Å². The standard InChI is InChI=1S/C21H24F3N3O/c1-2-19-25-12-17(13-26-19)20(28)27-10-4-6-16(14-27)9-8-15-5-3-7-18(11-15)21(22,23)24/h3,5,7,11-13,16H,2,4,6,8-10,14H2,1H3. The lowest BCUT2D eigenvalue weighted by molar-refractivity contribution is -0.137. The van der Waals surface area contributed by atoms with Crippen LogP contribution in [-0.2, 0) is 19.0 Å². The predicted octanol–water partition coefficient (Wildman–Crippen LogP) is 4.54. The molecule has 0 N–H and O–H groups in total. The molecule has 0 spiro atoms. The Morgan fingerprint density at radius 2 is 2.00 bits per heavy atom. The first-order valence-electron chi connectivity index (χ1n) is 9.63. The van der Waals surface area contributed by atoms with E-state index in [1.807, 2.05) is 11.8 Å². The van der Waals surface area contributed by atoms with Gasteiger partial charge in [0, 0.05) is 31.9 Å². The van der Waals surface area contributed by atoms with Crippen LogP contribution in [0.3, 0.4) is 0 Å². The summed E-state index contributed by atoms with van der Waals surface area (Å²) in [7, 11) is 0. The van der Waals surface area contributed by atoms with Gasteiger partial charge in [-0.25, -0.2) is 9.97 Å². The molecule has 0 saturated carbocycles. The number of rotatable bonds is 5. The molecule has 2 heterocycles. The lowest BCUT2D eigenvalue weighted by Crippen LogP contribution is -2.40. The van der Waals surface area contributed by atoms with Crippen LogP contribution < -0.4 is 0 Å². The van der Waals surface area contributed by atoms with Crippen LogP contribution in [0, 0.1) is 5.92 Å². The summed E-state index contributed by atoms with van der Waals surface area (Å²) in [6, 6.07) is 5.50. The first-order chi connectivity index (χ1) is 13.4. The van der Waals surface area contributed by atoms with E-state index in [0.29, 0.717) is 36.5 Å². The summed E-state index contributed by atoms with van der Waals surface area (Å²) in [5.74, 6) is 0.906. The molecule has 3 rings (SSSR count). The minimum absolute atomic E-state index is 0.0774. The van der Waals surface area contributed by atoms with Crippen LogP contribution in [0.2, 0.25) is 0 Å². The Balaban J connectivity index is 1.58. The second-order valence-electron chi connectivity index (χ2n) is 7.24. The Bertz CT molecular complexity index is 805. The number of aromatic nitrogens is 2. The van der Waals surface area contributed by atoms with E-state index in [1.54, 1.807) is 18.5 Å². The van der Waals surface area contributed by atoms with E-state index in [2.05, 4.69) is 9.97 Å². The van der Waals surface area contributed by atoms with E-state index in [4.69, 9.17) is 0 Å². The van der Waals surface area contributed by atoms with Gasteiger partial charge in [0.25, 0.3) is 5.91 Å². The van der Waals surface area contributed by atoms with Crippen molar-refractivity contribution in [3.05, 3.63) is 59.2 Å². The summed E-state index contributed by atoms with van der Waals surface area (Å²) in [4.78, 5) is 22.9. The normalized spacial score (nSPS) is 17.6. The van der Waals surface area contributed by atoms with Gasteiger partial charge in [-0.3, -0.25) is 4.79 Å². The minimum Gasteiger partial charge on any atom is -0.338 e. The number of amides is 1. The van der Waals surface area contributed by atoms with E-state index in [9.17, 15) is 18.0 Å². The molecule has 2 aromatic rings. The fourth-order valence-corrected chi connectivity index (χ4v) is 3.59. The molecule has 1 amide bonds. The van der Waals surface area contributed by atoms with Crippen LogP contribution in [0.4, 0.5) is 13.2 Å². The molecule has 1 atom stereocenters. The van der Waals surface area contributed by atoms with Crippen molar-refractivity contribution >= 4 is 5.91 Å². The molecule has 1 fully saturated rings. The van der Waals surface area contributed by atoms with Gasteiger partial charge in [0.2, 0.25) is 0 Å². The second kappa shape index (κ2) is 8.71. The van der Waals surface area contributed by atoms with Crippen molar-refractivity contribution in [2.45, 2.75) is 45.2 Å². The molecule has 0 radical (unpaired) electrons. The number of carbonyl (C=O) groups is 1. The Labute approximate surface area is 162 Å². The topological polar surface area (TPSA) is 46.1 Å². The van der Waals surface area contributed by atoms with Crippen molar-refractivity contribution in [3.63, 3.8) is 0 Å². The van der Waals surface area contributed by atoms with Gasteiger partial charge in [-0.15, -0.1) is 0 Å². The van der Waals surface area contributed by atoms with Gasteiger partial charge in [0.15, 0.2) is 0 Å². The van der Waals surface area contributed by atoms with Crippen molar-refractivity contribution in [2.75, 3.05) is 13.1 Å². The smallest absolute Gasteiger partial charge is 0.338 e. The summed E-state index contributed by atoms with van der Waals surface area (Å²) in [6.07, 6.45) is 2.75. The predicted molar refractivity (Wildman–Crippen MR) is 99.8 cm³/mol. The number of piperidine rings is 1. The molecule has 4 nitrogen and oxygen atoms in total. The zero-order valence-corrected chi connectivity index (χ0v) is 15.9. The van der Waals surface area contributed by atoms with E-state index >= 15 is 0 Å². The number of carbonyl (C=O) groups excluding carboxylic acids is 1. The summed E-state index contributed by atoms with van der Waals surface area (Å²) < 4.78 is 38.6. The second-order valence-corrected chi connectivity index (χ2v) is 7.24. The van der Waals surface area contributed by atoms with E-state index in [1.165, 1.54) is 12.1 Å². The Kier molecular flexibility index (Phi) is 6.31. The summed E-state index contributed by atoms with van der Waals surface area (Å²) in [6.45, 7) is 3.26. The number of benzene rings is 1. The third-order valence-electron chi connectivity index (χ3n) is 5.17. The molecular formula is C21H24F3N3O. The van der Waals surface area contributed by atoms with Crippen molar-refractivity contribution in [2.24, 2.45) is 5.92 Å². The molecule has 1 aliphatic heterocycles. The molecule has 1 aliphatic rings. The molecule has 0 aliphatic carbocycles. The molecule has 28 heavy (non-hydrogen) atoms. The average Bonchev–Trinajstić information content (AvgIpc) is 2.71. The van der Waals surface area contributed by atoms with Crippen molar-refractivity contribution in [1.29, 1.82) is 0 Å². The maximum atomic E-state index is 12.9. The van der Waals surface area contributed by atoms with Crippen LogP contribution in [0.15, 0.2) is 36.7 Å². The highest BCUT2D eigenvalue weighted by Gasteiger charge is 2.30. The Hall–Kier alpha value is -2.44. The highest BCUT2D eigenvalue weighted by Crippen LogP contribution is 2.30. The fraction of sp³-hybridized carbons (Fsp3) is 0.476. The van der Waals surface area contributed by atoms with Gasteiger partial charge in [-0.1, -0.05) is 25.1 Å². The fourth-order valence-electron chi connectivity index (χ4n) is 3.59. The van der Waals surface area contributed by atoms with Crippen LogP contribution >= 0.6 is 0 Å². The van der Waals surface area contributed by atoms with Crippen LogP contribution in [0.1, 0.15) is 53.5 Å². The first kappa shape index (κ1) is 20.3. The quantitative estimate of drug-likeness (QED) is 0.752. The number of nitrogens with zero attached hydrogens (tertiary/aromatic N) is 3. The molecular weight excluding hydrogens is 367 g/mol. The van der Waals surface area contributed by atoms with Gasteiger partial charge >= 0.3 is 6.18 Å². The minimum atomic E-state index is -4.32. The summed E-state index contributed by atoms with van der Waals surface area (Å²) in [5.41, 5.74) is 0.554. The van der Waals surface area contributed by atoms with Crippen molar-refractivity contribution < 1.29 is 18.0 Å². The number of aryl methyl sites for hydroxylation is 2. The lowest BCUT2D eigenvalue weighted by Gasteiger charge is -2.33. The van der Waals surface area contributed by atoms with Crippen molar-refractivity contribution in [3.8, 4) is 0 Å². The van der Waals surface area contributed by atoms with Crippen LogP contribution in [-0.4, -0.2) is 33.9 Å². The van der Waals surface area contributed by atoms with Gasteiger partial charge in [0.05, 0.1) is 11.1 Å². The monoisotopic (exact) mass is 391 g/mol. The molecule has 150 valence electrons. The summed E-state index contributed by atoms with van der Waals surface area (Å²) in [5, 5.41) is 0. The van der Waals surface area contributed by atoms with Crippen molar-refractivity contribution in [1.82, 2.24) is 14.9 Å². The number of hydrogen-bond acceptors (Lipinski definition) is 3. The first-order valence-corrected chi connectivity index (χ1v) is 9.63. The molecule has 7 heteroatoms. The molecule has 1 saturated heterocycles. The van der Waals surface area contributed by atoms with E-state index in [-0.39, 0.29) is 11.8 Å². The van der Waals surface area contributed by atoms with Crippen LogP contribution in [0.25, 0.3) is 0 Å². The highest BCUT2D eigenvalue weighted by molar-refractivity contribution is 5.93. The van der Waals surface area contributed by atoms with E-state index in [0.717, 1.165) is 31.7 Å². The van der Waals surface area contributed by atoms with Gasteiger partial charge in [0.1, 0.15) is 5.82 Å². The number of likely N-dealkylation sites (tertiary alicyclic amines) is 1. The third kappa shape index (κ3) is 5.09. The Morgan fingerprint density at radius 3 is 2.68 bits per heavy atom. The zero-order valence-electron chi connectivity index (χ0n) is 15.9. The summed E-state index contributed by atoms with van der Waals surface area (Å²) >= 11 is 0. The maximum absolute atomic E-state index is 12.9. The molecule has 0 bridgehead atoms. The zero-order chi connectivity index (χ0) is 20.1. The SMILES string of the molecule is CCc1ncc(C(=O)N2CCCC(CCc3cccc(C(F)(F)F)c3)C2)cn1.